The number of aryl methyl sites for hydroxylation is 1. The highest BCUT2D eigenvalue weighted by atomic mass is 35.5. The zero-order valence-electron chi connectivity index (χ0n) is 11.1. The number of anilines is 1. The van der Waals surface area contributed by atoms with E-state index >= 15 is 0 Å². The Bertz CT molecular complexity index is 399. The third kappa shape index (κ3) is 2.65. The lowest BCUT2D eigenvalue weighted by molar-refractivity contribution is 0.378. The van der Waals surface area contributed by atoms with Crippen LogP contribution in [0.3, 0.4) is 0 Å². The van der Waals surface area contributed by atoms with Gasteiger partial charge in [0.05, 0.1) is 0 Å². The van der Waals surface area contributed by atoms with Gasteiger partial charge in [-0.2, -0.15) is 0 Å². The minimum atomic E-state index is 0. The molecule has 3 heteroatoms. The molecule has 0 amide bonds. The van der Waals surface area contributed by atoms with E-state index in [-0.39, 0.29) is 12.4 Å². The molecule has 1 N–H and O–H groups in total. The van der Waals surface area contributed by atoms with Crippen LogP contribution in [0, 0.1) is 12.8 Å². The zero-order valence-corrected chi connectivity index (χ0v) is 11.9. The van der Waals surface area contributed by atoms with E-state index in [0.29, 0.717) is 0 Å². The predicted molar refractivity (Wildman–Crippen MR) is 79.9 cm³/mol. The Morgan fingerprint density at radius 2 is 2.28 bits per heavy atom. The minimum Gasteiger partial charge on any atom is -0.370 e. The fourth-order valence-electron chi connectivity index (χ4n) is 3.32. The number of nitrogens with zero attached hydrogens (tertiary/aromatic N) is 1. The van der Waals surface area contributed by atoms with Crippen LogP contribution in [0.1, 0.15) is 24.0 Å². The third-order valence-corrected chi connectivity index (χ3v) is 4.17. The molecule has 3 rings (SSSR count). The van der Waals surface area contributed by atoms with Crippen molar-refractivity contribution in [3.05, 3.63) is 29.3 Å². The zero-order chi connectivity index (χ0) is 11.7. The van der Waals surface area contributed by atoms with Crippen LogP contribution in [0.5, 0.6) is 0 Å². The van der Waals surface area contributed by atoms with E-state index < -0.39 is 0 Å². The van der Waals surface area contributed by atoms with Gasteiger partial charge in [-0.25, -0.2) is 0 Å². The average Bonchev–Trinajstić information content (AvgIpc) is 2.75. The Kier molecular flexibility index (Phi) is 4.52. The van der Waals surface area contributed by atoms with E-state index in [2.05, 4.69) is 35.3 Å². The summed E-state index contributed by atoms with van der Waals surface area (Å²) in [4.78, 5) is 2.61. The lowest BCUT2D eigenvalue weighted by atomic mass is 9.99. The molecule has 1 unspecified atom stereocenters. The molecule has 0 spiro atoms. The molecule has 18 heavy (non-hydrogen) atoms. The molecule has 100 valence electrons. The van der Waals surface area contributed by atoms with E-state index in [0.717, 1.165) is 5.92 Å². The Balaban J connectivity index is 0.00000120. The molecule has 0 radical (unpaired) electrons. The molecule has 1 fully saturated rings. The number of rotatable bonds is 2. The quantitative estimate of drug-likeness (QED) is 0.886. The van der Waals surface area contributed by atoms with Crippen LogP contribution in [-0.4, -0.2) is 26.2 Å². The van der Waals surface area contributed by atoms with Crippen molar-refractivity contribution in [3.8, 4) is 0 Å². The van der Waals surface area contributed by atoms with Gasteiger partial charge >= 0.3 is 0 Å². The number of para-hydroxylation sites is 1. The first kappa shape index (κ1) is 13.7. The molecule has 1 saturated heterocycles. The summed E-state index contributed by atoms with van der Waals surface area (Å²) in [6.07, 6.45) is 3.97. The molecular weight excluding hydrogens is 244 g/mol. The van der Waals surface area contributed by atoms with Gasteiger partial charge in [0.2, 0.25) is 0 Å². The van der Waals surface area contributed by atoms with Gasteiger partial charge < -0.3 is 10.2 Å². The van der Waals surface area contributed by atoms with Crippen molar-refractivity contribution in [2.75, 3.05) is 31.1 Å². The normalized spacial score (nSPS) is 22.5. The van der Waals surface area contributed by atoms with Crippen LogP contribution in [0.2, 0.25) is 0 Å². The first-order chi connectivity index (χ1) is 8.34. The number of piperidine rings is 1. The van der Waals surface area contributed by atoms with Crippen LogP contribution in [-0.2, 0) is 6.42 Å². The maximum Gasteiger partial charge on any atom is 0.0429 e. The van der Waals surface area contributed by atoms with Crippen LogP contribution < -0.4 is 10.2 Å². The number of halogens is 1. The van der Waals surface area contributed by atoms with Crippen molar-refractivity contribution in [1.29, 1.82) is 0 Å². The van der Waals surface area contributed by atoms with Gasteiger partial charge in [0.15, 0.2) is 0 Å². The molecule has 0 bridgehead atoms. The highest BCUT2D eigenvalue weighted by molar-refractivity contribution is 5.85. The van der Waals surface area contributed by atoms with Crippen molar-refractivity contribution in [3.63, 3.8) is 0 Å². The summed E-state index contributed by atoms with van der Waals surface area (Å²) < 4.78 is 0. The Morgan fingerprint density at radius 1 is 1.39 bits per heavy atom. The summed E-state index contributed by atoms with van der Waals surface area (Å²) in [6.45, 7) is 7.13. The summed E-state index contributed by atoms with van der Waals surface area (Å²) in [7, 11) is 0. The van der Waals surface area contributed by atoms with Gasteiger partial charge in [-0.15, -0.1) is 12.4 Å². The summed E-state index contributed by atoms with van der Waals surface area (Å²) in [5.74, 6) is 0.842. The summed E-state index contributed by atoms with van der Waals surface area (Å²) in [5, 5.41) is 3.52. The maximum atomic E-state index is 3.52. The number of hydrogen-bond donors (Lipinski definition) is 1. The van der Waals surface area contributed by atoms with Crippen molar-refractivity contribution in [2.45, 2.75) is 26.2 Å². The third-order valence-electron chi connectivity index (χ3n) is 4.17. The van der Waals surface area contributed by atoms with Crippen molar-refractivity contribution < 1.29 is 0 Å². The Labute approximate surface area is 116 Å². The van der Waals surface area contributed by atoms with E-state index in [1.54, 1.807) is 5.56 Å². The largest absolute Gasteiger partial charge is 0.370 e. The highest BCUT2D eigenvalue weighted by Crippen LogP contribution is 2.32. The first-order valence-electron chi connectivity index (χ1n) is 6.89. The summed E-state index contributed by atoms with van der Waals surface area (Å²) >= 11 is 0. The molecule has 1 aromatic carbocycles. The number of benzene rings is 1. The highest BCUT2D eigenvalue weighted by Gasteiger charge is 2.24. The van der Waals surface area contributed by atoms with Crippen LogP contribution in [0.15, 0.2) is 18.2 Å². The van der Waals surface area contributed by atoms with Crippen molar-refractivity contribution >= 4 is 18.1 Å². The number of hydrogen-bond acceptors (Lipinski definition) is 2. The van der Waals surface area contributed by atoms with Crippen molar-refractivity contribution in [2.24, 2.45) is 5.92 Å². The van der Waals surface area contributed by atoms with Crippen molar-refractivity contribution in [1.82, 2.24) is 5.32 Å². The second-order valence-corrected chi connectivity index (χ2v) is 5.49. The molecule has 1 atom stereocenters. The molecule has 2 nitrogen and oxygen atoms in total. The molecular formula is C15H23ClN2. The molecule has 0 aliphatic carbocycles. The Hall–Kier alpha value is -0.730. The van der Waals surface area contributed by atoms with Crippen LogP contribution >= 0.6 is 12.4 Å². The lowest BCUT2D eigenvalue weighted by Gasteiger charge is -2.29. The van der Waals surface area contributed by atoms with Crippen LogP contribution in [0.25, 0.3) is 0 Å². The van der Waals surface area contributed by atoms with Gasteiger partial charge in [-0.3, -0.25) is 0 Å². The maximum absolute atomic E-state index is 3.52. The fraction of sp³-hybridized carbons (Fsp3) is 0.600. The van der Waals surface area contributed by atoms with E-state index in [1.165, 1.54) is 56.7 Å². The molecule has 0 saturated carbocycles. The smallest absolute Gasteiger partial charge is 0.0429 e. The molecule has 0 aromatic heterocycles. The Morgan fingerprint density at radius 3 is 3.06 bits per heavy atom. The lowest BCUT2D eigenvalue weighted by Crippen LogP contribution is -2.37. The molecule has 2 heterocycles. The SMILES string of the molecule is Cc1cccc2c1N(CC1CCCNC1)CC2.Cl. The van der Waals surface area contributed by atoms with Gasteiger partial charge in [-0.1, -0.05) is 18.2 Å². The predicted octanol–water partition coefficient (Wildman–Crippen LogP) is 2.78. The molecule has 1 aromatic rings. The standard InChI is InChI=1S/C15H22N2.ClH/c1-12-4-2-6-14-7-9-17(15(12)14)11-13-5-3-8-16-10-13;/h2,4,6,13,16H,3,5,7-11H2,1H3;1H. The molecule has 2 aliphatic rings. The minimum absolute atomic E-state index is 0. The van der Waals surface area contributed by atoms with Gasteiger partial charge in [0, 0.05) is 18.8 Å². The number of fused-ring (bicyclic) bond motifs is 1. The summed E-state index contributed by atoms with van der Waals surface area (Å²) in [6, 6.07) is 6.73. The second-order valence-electron chi connectivity index (χ2n) is 5.49. The topological polar surface area (TPSA) is 15.3 Å². The fourth-order valence-corrected chi connectivity index (χ4v) is 3.32. The summed E-state index contributed by atoms with van der Waals surface area (Å²) in [5.41, 5.74) is 4.52. The van der Waals surface area contributed by atoms with Gasteiger partial charge in [0.25, 0.3) is 0 Å². The van der Waals surface area contributed by atoms with Crippen LogP contribution in [0.4, 0.5) is 5.69 Å². The van der Waals surface area contributed by atoms with E-state index in [4.69, 9.17) is 0 Å². The average molecular weight is 267 g/mol. The monoisotopic (exact) mass is 266 g/mol. The second kappa shape index (κ2) is 5.94. The van der Waals surface area contributed by atoms with Gasteiger partial charge in [0.1, 0.15) is 0 Å². The van der Waals surface area contributed by atoms with E-state index in [1.807, 2.05) is 0 Å². The van der Waals surface area contributed by atoms with Gasteiger partial charge in [-0.05, 0) is 56.3 Å². The molecule has 2 aliphatic heterocycles. The number of nitrogens with one attached hydrogen (secondary N) is 1. The van der Waals surface area contributed by atoms with E-state index in [9.17, 15) is 0 Å². The first-order valence-corrected chi connectivity index (χ1v) is 6.89.